The van der Waals surface area contributed by atoms with Crippen LogP contribution in [-0.4, -0.2) is 9.55 Å². The Morgan fingerprint density at radius 2 is 1.36 bits per heavy atom. The predicted molar refractivity (Wildman–Crippen MR) is 127 cm³/mol. The van der Waals surface area contributed by atoms with Gasteiger partial charge in [-0.25, -0.2) is 0 Å². The zero-order valence-corrected chi connectivity index (χ0v) is 19.9. The minimum Gasteiger partial charge on any atom is -0.339 e. The minimum absolute atomic E-state index is 0. The second-order valence-corrected chi connectivity index (χ2v) is 7.10. The Bertz CT molecular complexity index is 1330. The van der Waals surface area contributed by atoms with Crippen LogP contribution in [0.25, 0.3) is 44.2 Å². The van der Waals surface area contributed by atoms with Crippen molar-refractivity contribution in [2.75, 3.05) is 0 Å². The van der Waals surface area contributed by atoms with Gasteiger partial charge in [0.2, 0.25) is 5.69 Å². The SMILES string of the molecule is F.[C-]#[N+]c1ccc[c-]c1-c1nccn1-c1c(-c2ccccc2)cccc1-c1ccccc1.[Ir]. The summed E-state index contributed by atoms with van der Waals surface area (Å²) in [7, 11) is 0. The van der Waals surface area contributed by atoms with Crippen LogP contribution in [0.2, 0.25) is 0 Å². The van der Waals surface area contributed by atoms with Gasteiger partial charge < -0.3 is 4.57 Å². The molecule has 0 N–H and O–H groups in total. The molecule has 5 rings (SSSR count). The van der Waals surface area contributed by atoms with E-state index >= 15 is 0 Å². The van der Waals surface area contributed by atoms with E-state index in [0.717, 1.165) is 27.9 Å². The van der Waals surface area contributed by atoms with Crippen LogP contribution in [0.3, 0.4) is 0 Å². The topological polar surface area (TPSA) is 22.2 Å². The number of aromatic nitrogens is 2. The van der Waals surface area contributed by atoms with E-state index in [2.05, 4.69) is 62.9 Å². The van der Waals surface area contributed by atoms with Crippen LogP contribution in [0.5, 0.6) is 0 Å². The summed E-state index contributed by atoms with van der Waals surface area (Å²) in [5.74, 6) is 0.701. The van der Waals surface area contributed by atoms with E-state index in [0.29, 0.717) is 17.1 Å². The molecule has 0 aliphatic rings. The first-order chi connectivity index (χ1) is 15.4. The fourth-order valence-corrected chi connectivity index (χ4v) is 3.87. The zero-order chi connectivity index (χ0) is 21.0. The van der Waals surface area contributed by atoms with E-state index in [9.17, 15) is 0 Å². The van der Waals surface area contributed by atoms with E-state index in [1.807, 2.05) is 54.7 Å². The largest absolute Gasteiger partial charge is 0.339 e. The van der Waals surface area contributed by atoms with E-state index in [1.165, 1.54) is 0 Å². The number of hydrogen-bond acceptors (Lipinski definition) is 1. The van der Waals surface area contributed by atoms with Crippen molar-refractivity contribution in [1.29, 1.82) is 0 Å². The second kappa shape index (κ2) is 10.7. The number of hydrogen-bond donors (Lipinski definition) is 0. The molecule has 0 aliphatic carbocycles. The van der Waals surface area contributed by atoms with Crippen LogP contribution in [0.1, 0.15) is 0 Å². The van der Waals surface area contributed by atoms with Gasteiger partial charge in [0.05, 0.1) is 11.5 Å². The van der Waals surface area contributed by atoms with Gasteiger partial charge in [0.25, 0.3) is 0 Å². The first kappa shape index (κ1) is 23.8. The molecule has 5 aromatic rings. The van der Waals surface area contributed by atoms with Crippen molar-refractivity contribution in [3.63, 3.8) is 0 Å². The summed E-state index contributed by atoms with van der Waals surface area (Å²) in [6, 6.07) is 35.7. The van der Waals surface area contributed by atoms with E-state index in [-0.39, 0.29) is 24.8 Å². The molecule has 0 atom stereocenters. The summed E-state index contributed by atoms with van der Waals surface area (Å²) in [6.07, 6.45) is 3.73. The minimum atomic E-state index is 0. The zero-order valence-electron chi connectivity index (χ0n) is 17.5. The number of nitrogens with zero attached hydrogens (tertiary/aromatic N) is 3. The molecular formula is C28H19FIrN3-. The Morgan fingerprint density at radius 1 is 0.758 bits per heavy atom. The van der Waals surface area contributed by atoms with Crippen LogP contribution in [0.15, 0.2) is 109 Å². The Balaban J connectivity index is 0.00000153. The molecule has 0 fully saturated rings. The van der Waals surface area contributed by atoms with Crippen molar-refractivity contribution in [3.8, 4) is 39.3 Å². The first-order valence-corrected chi connectivity index (χ1v) is 10.0. The summed E-state index contributed by atoms with van der Waals surface area (Å²) in [5.41, 5.74) is 6.70. The standard InChI is InChI=1S/C28H18N3.FH.Ir/c1-29-26-18-9-8-15-25(26)28-30-19-20-31(28)27-23(21-11-4-2-5-12-21)16-10-17-24(27)22-13-6-3-7-14-22;;/h2-14,16-20H;1H;/q-1;;. The third-order valence-corrected chi connectivity index (χ3v) is 5.27. The summed E-state index contributed by atoms with van der Waals surface area (Å²) in [6.45, 7) is 7.58. The molecule has 0 aliphatic heterocycles. The molecule has 5 heteroatoms. The Kier molecular flexibility index (Phi) is 7.69. The molecule has 33 heavy (non-hydrogen) atoms. The molecule has 0 amide bonds. The fraction of sp³-hybridized carbons (Fsp3) is 0. The van der Waals surface area contributed by atoms with Crippen molar-refractivity contribution >= 4 is 5.69 Å². The van der Waals surface area contributed by atoms with Crippen molar-refractivity contribution in [1.82, 2.24) is 9.55 Å². The summed E-state index contributed by atoms with van der Waals surface area (Å²) in [4.78, 5) is 8.32. The summed E-state index contributed by atoms with van der Waals surface area (Å²) < 4.78 is 2.07. The van der Waals surface area contributed by atoms with Crippen molar-refractivity contribution in [2.24, 2.45) is 0 Å². The van der Waals surface area contributed by atoms with Gasteiger partial charge in [-0.05, 0) is 16.7 Å². The van der Waals surface area contributed by atoms with Crippen LogP contribution in [0, 0.1) is 12.6 Å². The molecule has 0 saturated carbocycles. The maximum atomic E-state index is 7.58. The molecule has 163 valence electrons. The van der Waals surface area contributed by atoms with Crippen LogP contribution >= 0.6 is 0 Å². The molecule has 4 aromatic carbocycles. The Labute approximate surface area is 205 Å². The van der Waals surface area contributed by atoms with Crippen molar-refractivity contribution in [3.05, 3.63) is 127 Å². The Hall–Kier alpha value is -3.84. The Morgan fingerprint density at radius 3 is 1.94 bits per heavy atom. The molecule has 1 heterocycles. The maximum Gasteiger partial charge on any atom is 0.236 e. The van der Waals surface area contributed by atoms with Crippen LogP contribution in [-0.2, 0) is 20.1 Å². The van der Waals surface area contributed by atoms with E-state index < -0.39 is 0 Å². The average Bonchev–Trinajstić information content (AvgIpc) is 3.34. The van der Waals surface area contributed by atoms with Gasteiger partial charge in [-0.2, -0.15) is 4.85 Å². The third kappa shape index (κ3) is 4.54. The fourth-order valence-electron chi connectivity index (χ4n) is 3.87. The maximum absolute atomic E-state index is 7.58. The van der Waals surface area contributed by atoms with Crippen LogP contribution < -0.4 is 0 Å². The molecular weight excluding hydrogens is 590 g/mol. The quantitative estimate of drug-likeness (QED) is 0.195. The van der Waals surface area contributed by atoms with Gasteiger partial charge in [0.15, 0.2) is 0 Å². The smallest absolute Gasteiger partial charge is 0.236 e. The molecule has 0 saturated heterocycles. The molecule has 0 unspecified atom stereocenters. The van der Waals surface area contributed by atoms with Crippen molar-refractivity contribution < 1.29 is 24.8 Å². The van der Waals surface area contributed by atoms with Gasteiger partial charge in [-0.3, -0.25) is 9.69 Å². The summed E-state index contributed by atoms with van der Waals surface area (Å²) in [5, 5.41) is 0. The van der Waals surface area contributed by atoms with E-state index in [4.69, 9.17) is 6.57 Å². The molecule has 1 radical (unpaired) electrons. The molecule has 0 spiro atoms. The van der Waals surface area contributed by atoms with Crippen LogP contribution in [0.4, 0.5) is 10.4 Å². The number of imidazole rings is 1. The normalized spacial score (nSPS) is 9.91. The molecule has 1 aromatic heterocycles. The van der Waals surface area contributed by atoms with Gasteiger partial charge in [-0.1, -0.05) is 84.9 Å². The number of halogens is 1. The first-order valence-electron chi connectivity index (χ1n) is 10.0. The number of para-hydroxylation sites is 1. The van der Waals surface area contributed by atoms with Gasteiger partial charge in [-0.15, -0.1) is 18.2 Å². The van der Waals surface area contributed by atoms with Gasteiger partial charge in [0.1, 0.15) is 6.57 Å². The van der Waals surface area contributed by atoms with Crippen molar-refractivity contribution in [2.45, 2.75) is 0 Å². The summed E-state index contributed by atoms with van der Waals surface area (Å²) >= 11 is 0. The average molecular weight is 609 g/mol. The number of rotatable bonds is 4. The number of benzene rings is 4. The van der Waals surface area contributed by atoms with Gasteiger partial charge >= 0.3 is 0 Å². The molecule has 0 bridgehead atoms. The van der Waals surface area contributed by atoms with E-state index in [1.54, 1.807) is 12.3 Å². The van der Waals surface area contributed by atoms with Gasteiger partial charge in [0, 0.05) is 43.6 Å². The predicted octanol–water partition coefficient (Wildman–Crippen LogP) is 7.37. The second-order valence-electron chi connectivity index (χ2n) is 7.10. The molecule has 3 nitrogen and oxygen atoms in total. The monoisotopic (exact) mass is 609 g/mol. The third-order valence-electron chi connectivity index (χ3n) is 5.27.